The van der Waals surface area contributed by atoms with Crippen molar-refractivity contribution in [3.05, 3.63) is 114 Å². The molecule has 5 nitrogen and oxygen atoms in total. The fraction of sp³-hybridized carbons (Fsp3) is 0.286. The highest BCUT2D eigenvalue weighted by molar-refractivity contribution is 5.92. The summed E-state index contributed by atoms with van der Waals surface area (Å²) >= 11 is 0. The summed E-state index contributed by atoms with van der Waals surface area (Å²) in [6.07, 6.45) is 1.04. The predicted octanol–water partition coefficient (Wildman–Crippen LogP) is 6.66. The first-order valence-electron chi connectivity index (χ1n) is 13.7. The molecule has 0 aliphatic carbocycles. The van der Waals surface area contributed by atoms with Gasteiger partial charge in [-0.1, -0.05) is 91.0 Å². The number of fused-ring (bicyclic) bond motifs is 1. The molecule has 0 aromatic heterocycles. The normalized spacial score (nSPS) is 16.9. The second kappa shape index (κ2) is 11.0. The minimum atomic E-state index is -1.43. The summed E-state index contributed by atoms with van der Waals surface area (Å²) in [6, 6.07) is 34.0. The summed E-state index contributed by atoms with van der Waals surface area (Å²) in [4.78, 5) is 29.2. The van der Waals surface area contributed by atoms with Crippen molar-refractivity contribution >= 4 is 22.5 Å². The number of carbonyl (C=O) groups is 2. The minimum Gasteiger partial charge on any atom is -0.496 e. The van der Waals surface area contributed by atoms with Crippen molar-refractivity contribution in [1.82, 2.24) is 4.90 Å². The number of rotatable bonds is 7. The summed E-state index contributed by atoms with van der Waals surface area (Å²) in [5.41, 5.74) is 0.623. The Hall–Kier alpha value is -4.43. The number of amides is 1. The number of carbonyl (C=O) groups excluding carboxylic acids is 2. The van der Waals surface area contributed by atoms with Crippen LogP contribution in [0.3, 0.4) is 0 Å². The molecule has 1 aliphatic heterocycles. The molecule has 0 bridgehead atoms. The Kier molecular flexibility index (Phi) is 7.45. The van der Waals surface area contributed by atoms with Gasteiger partial charge in [0.05, 0.1) is 18.6 Å². The van der Waals surface area contributed by atoms with Crippen molar-refractivity contribution in [3.8, 4) is 11.8 Å². The lowest BCUT2D eigenvalue weighted by Gasteiger charge is -2.43. The van der Waals surface area contributed by atoms with Gasteiger partial charge in [-0.05, 0) is 54.7 Å². The second-order valence-electron chi connectivity index (χ2n) is 10.9. The van der Waals surface area contributed by atoms with Crippen LogP contribution in [0.4, 0.5) is 0 Å². The molecule has 2 atom stereocenters. The minimum absolute atomic E-state index is 0.108. The molecule has 5 rings (SSSR count). The number of para-hydroxylation sites is 1. The summed E-state index contributed by atoms with van der Waals surface area (Å²) in [7, 11) is 1.61. The van der Waals surface area contributed by atoms with Crippen LogP contribution in [0.15, 0.2) is 97.1 Å². The quantitative estimate of drug-likeness (QED) is 0.268. The molecule has 4 aromatic carbocycles. The number of ketones is 1. The lowest BCUT2D eigenvalue weighted by atomic mass is 9.67. The van der Waals surface area contributed by atoms with Crippen LogP contribution in [0.1, 0.15) is 49.3 Å². The fourth-order valence-corrected chi connectivity index (χ4v) is 6.45. The Morgan fingerprint density at radius 1 is 0.875 bits per heavy atom. The van der Waals surface area contributed by atoms with E-state index in [4.69, 9.17) is 4.74 Å². The number of benzene rings is 4. The van der Waals surface area contributed by atoms with E-state index in [-0.39, 0.29) is 11.7 Å². The molecule has 1 heterocycles. The van der Waals surface area contributed by atoms with Crippen molar-refractivity contribution in [2.75, 3.05) is 20.2 Å². The van der Waals surface area contributed by atoms with E-state index in [9.17, 15) is 14.9 Å². The Morgan fingerprint density at radius 3 is 2.15 bits per heavy atom. The maximum absolute atomic E-state index is 14.5. The largest absolute Gasteiger partial charge is 0.496 e. The van der Waals surface area contributed by atoms with Crippen molar-refractivity contribution in [2.24, 2.45) is 5.41 Å². The monoisotopic (exact) mass is 530 g/mol. The number of hydrogen-bond donors (Lipinski definition) is 0. The molecule has 0 N–H and O–H groups in total. The maximum atomic E-state index is 14.5. The Labute approximate surface area is 236 Å². The van der Waals surface area contributed by atoms with Gasteiger partial charge in [0.25, 0.3) is 0 Å². The van der Waals surface area contributed by atoms with Crippen LogP contribution in [-0.2, 0) is 15.0 Å². The topological polar surface area (TPSA) is 70.4 Å². The molecule has 4 aromatic rings. The first-order chi connectivity index (χ1) is 19.4. The van der Waals surface area contributed by atoms with Gasteiger partial charge in [-0.15, -0.1) is 0 Å². The number of Topliss-reactive ketones (excluding diaryl/α,β-unsaturated/α-hetero) is 1. The van der Waals surface area contributed by atoms with Gasteiger partial charge < -0.3 is 9.64 Å². The van der Waals surface area contributed by atoms with E-state index in [0.29, 0.717) is 31.7 Å². The highest BCUT2D eigenvalue weighted by Gasteiger charge is 2.49. The van der Waals surface area contributed by atoms with Crippen LogP contribution in [0.2, 0.25) is 0 Å². The molecule has 5 heteroatoms. The fourth-order valence-electron chi connectivity index (χ4n) is 6.45. The molecule has 1 amide bonds. The Morgan fingerprint density at radius 2 is 1.48 bits per heavy atom. The third-order valence-electron chi connectivity index (χ3n) is 8.74. The molecule has 1 saturated heterocycles. The molecule has 1 fully saturated rings. The molecular weight excluding hydrogens is 496 g/mol. The number of hydrogen-bond acceptors (Lipinski definition) is 4. The number of nitrogens with zero attached hydrogens (tertiary/aromatic N) is 2. The number of piperidine rings is 1. The smallest absolute Gasteiger partial charge is 0.243 e. The molecule has 40 heavy (non-hydrogen) atoms. The van der Waals surface area contributed by atoms with Crippen molar-refractivity contribution in [2.45, 2.75) is 38.0 Å². The average Bonchev–Trinajstić information content (AvgIpc) is 3.01. The summed E-state index contributed by atoms with van der Waals surface area (Å²) in [5.74, 6) is -0.0746. The van der Waals surface area contributed by atoms with Gasteiger partial charge in [0.2, 0.25) is 5.91 Å². The van der Waals surface area contributed by atoms with Crippen LogP contribution >= 0.6 is 0 Å². The van der Waals surface area contributed by atoms with Crippen LogP contribution in [-0.4, -0.2) is 36.8 Å². The molecule has 1 unspecified atom stereocenters. The number of likely N-dealkylation sites (tertiary alicyclic amines) is 1. The van der Waals surface area contributed by atoms with Crippen LogP contribution < -0.4 is 4.74 Å². The zero-order valence-corrected chi connectivity index (χ0v) is 23.3. The first-order valence-corrected chi connectivity index (χ1v) is 13.7. The van der Waals surface area contributed by atoms with Gasteiger partial charge in [0.1, 0.15) is 16.9 Å². The molecular formula is C35H34N2O3. The van der Waals surface area contributed by atoms with E-state index >= 15 is 0 Å². The Bertz CT molecular complexity index is 1580. The van der Waals surface area contributed by atoms with E-state index < -0.39 is 16.7 Å². The SMILES string of the molecule is COc1ccccc1C(c1cccc2ccccc12)[C@@](C)(C#N)C(=O)N1CCC(C(C)=O)(c2ccccc2)CC1. The number of methoxy groups -OCH3 is 1. The van der Waals surface area contributed by atoms with E-state index in [0.717, 1.165) is 27.5 Å². The third-order valence-corrected chi connectivity index (χ3v) is 8.74. The molecule has 202 valence electrons. The van der Waals surface area contributed by atoms with Gasteiger partial charge in [-0.2, -0.15) is 5.26 Å². The van der Waals surface area contributed by atoms with Gasteiger partial charge in [-0.25, -0.2) is 0 Å². The Balaban J connectivity index is 1.58. The molecule has 0 saturated carbocycles. The third kappa shape index (κ3) is 4.54. The number of nitriles is 1. The van der Waals surface area contributed by atoms with Crippen LogP contribution in [0.5, 0.6) is 5.75 Å². The highest BCUT2D eigenvalue weighted by Crippen LogP contribution is 2.48. The van der Waals surface area contributed by atoms with E-state index in [2.05, 4.69) is 6.07 Å². The highest BCUT2D eigenvalue weighted by atomic mass is 16.5. The van der Waals surface area contributed by atoms with Crippen molar-refractivity contribution in [3.63, 3.8) is 0 Å². The summed E-state index contributed by atoms with van der Waals surface area (Å²) < 4.78 is 5.76. The standard InChI is InChI=1S/C35H34N2O3/c1-25(38)35(27-14-5-4-6-15-27)20-22-37(23-21-35)33(39)34(2,24-36)32(30-17-9-10-19-31(30)40-3)29-18-11-13-26-12-7-8-16-28(26)29/h4-19,32H,20-23H2,1-3H3/t32?,34-/m1/s1. The second-order valence-corrected chi connectivity index (χ2v) is 10.9. The van der Waals surface area contributed by atoms with E-state index in [1.54, 1.807) is 25.9 Å². The van der Waals surface area contributed by atoms with Crippen molar-refractivity contribution in [1.29, 1.82) is 5.26 Å². The summed E-state index contributed by atoms with van der Waals surface area (Å²) in [5, 5.41) is 12.8. The lowest BCUT2D eigenvalue weighted by molar-refractivity contribution is -0.142. The molecule has 0 spiro atoms. The zero-order chi connectivity index (χ0) is 28.3. The molecule has 1 aliphatic rings. The van der Waals surface area contributed by atoms with Gasteiger partial charge in [-0.3, -0.25) is 9.59 Å². The van der Waals surface area contributed by atoms with Crippen molar-refractivity contribution < 1.29 is 14.3 Å². The first kappa shape index (κ1) is 27.1. The van der Waals surface area contributed by atoms with Gasteiger partial charge in [0, 0.05) is 24.6 Å². The maximum Gasteiger partial charge on any atom is 0.243 e. The van der Waals surface area contributed by atoms with Gasteiger partial charge in [0.15, 0.2) is 0 Å². The zero-order valence-electron chi connectivity index (χ0n) is 23.3. The van der Waals surface area contributed by atoms with E-state index in [1.807, 2.05) is 97.1 Å². The number of ether oxygens (including phenoxy) is 1. The van der Waals surface area contributed by atoms with Crippen LogP contribution in [0, 0.1) is 16.7 Å². The van der Waals surface area contributed by atoms with Gasteiger partial charge >= 0.3 is 0 Å². The van der Waals surface area contributed by atoms with Crippen LogP contribution in [0.25, 0.3) is 10.8 Å². The van der Waals surface area contributed by atoms with E-state index in [1.165, 1.54) is 0 Å². The predicted molar refractivity (Wildman–Crippen MR) is 157 cm³/mol. The molecule has 0 radical (unpaired) electrons. The average molecular weight is 531 g/mol. The summed E-state index contributed by atoms with van der Waals surface area (Å²) in [6.45, 7) is 4.19. The lowest BCUT2D eigenvalue weighted by Crippen LogP contribution is -2.53.